The molecule has 0 aliphatic carbocycles. The lowest BCUT2D eigenvalue weighted by Gasteiger charge is -2.11. The minimum atomic E-state index is -1.11. The van der Waals surface area contributed by atoms with Gasteiger partial charge < -0.3 is 25.7 Å². The van der Waals surface area contributed by atoms with Crippen LogP contribution in [0.1, 0.15) is 38.8 Å². The van der Waals surface area contributed by atoms with E-state index >= 15 is 0 Å². The van der Waals surface area contributed by atoms with E-state index < -0.39 is 17.8 Å². The molecule has 8 heteroatoms. The van der Waals surface area contributed by atoms with Crippen LogP contribution < -0.4 is 5.32 Å². The maximum Gasteiger partial charge on any atom is 0.336 e. The molecular formula is C25H23NO7. The molecule has 0 unspecified atom stereocenters. The summed E-state index contributed by atoms with van der Waals surface area (Å²) >= 11 is 0. The molecule has 0 saturated heterocycles. The third-order valence-corrected chi connectivity index (χ3v) is 4.47. The molecule has 0 radical (unpaired) electrons. The van der Waals surface area contributed by atoms with Gasteiger partial charge in [-0.1, -0.05) is 43.3 Å². The van der Waals surface area contributed by atoms with Crippen molar-refractivity contribution in [1.29, 1.82) is 0 Å². The summed E-state index contributed by atoms with van der Waals surface area (Å²) in [6.07, 6.45) is 3.06. The van der Waals surface area contributed by atoms with Crippen LogP contribution in [0.25, 0.3) is 6.08 Å². The van der Waals surface area contributed by atoms with Crippen molar-refractivity contribution in [3.05, 3.63) is 95.1 Å². The van der Waals surface area contributed by atoms with Gasteiger partial charge in [0, 0.05) is 11.8 Å². The first-order valence-corrected chi connectivity index (χ1v) is 9.87. The molecule has 5 N–H and O–H groups in total. The minimum Gasteiger partial charge on any atom is -0.504 e. The van der Waals surface area contributed by atoms with E-state index in [0.29, 0.717) is 11.3 Å². The van der Waals surface area contributed by atoms with E-state index in [1.54, 1.807) is 18.2 Å². The molecule has 0 spiro atoms. The molecule has 8 nitrogen and oxygen atoms in total. The van der Waals surface area contributed by atoms with E-state index in [4.69, 9.17) is 20.4 Å². The highest BCUT2D eigenvalue weighted by atomic mass is 16.4. The summed E-state index contributed by atoms with van der Waals surface area (Å²) in [6.45, 7) is 2.00. The molecule has 0 atom stereocenters. The number of phenols is 2. The molecule has 0 heterocycles. The number of carbonyl (C=O) groups is 3. The Morgan fingerprint density at radius 3 is 2.09 bits per heavy atom. The van der Waals surface area contributed by atoms with E-state index in [1.165, 1.54) is 36.4 Å². The monoisotopic (exact) mass is 449 g/mol. The zero-order valence-corrected chi connectivity index (χ0v) is 17.7. The maximum absolute atomic E-state index is 12.2. The Morgan fingerprint density at radius 1 is 0.848 bits per heavy atom. The predicted molar refractivity (Wildman–Crippen MR) is 124 cm³/mol. The van der Waals surface area contributed by atoms with Crippen molar-refractivity contribution >= 4 is 29.6 Å². The van der Waals surface area contributed by atoms with Crippen LogP contribution in [0.3, 0.4) is 0 Å². The molecule has 0 aromatic heterocycles. The van der Waals surface area contributed by atoms with Crippen molar-refractivity contribution in [2.24, 2.45) is 0 Å². The molecule has 0 bridgehead atoms. The number of carbonyl (C=O) groups excluding carboxylic acids is 1. The van der Waals surface area contributed by atoms with Crippen LogP contribution in [0.4, 0.5) is 5.69 Å². The molecule has 3 aromatic rings. The first-order chi connectivity index (χ1) is 15.7. The van der Waals surface area contributed by atoms with Gasteiger partial charge >= 0.3 is 11.9 Å². The van der Waals surface area contributed by atoms with E-state index in [-0.39, 0.29) is 22.6 Å². The Labute approximate surface area is 190 Å². The maximum atomic E-state index is 12.2. The lowest BCUT2D eigenvalue weighted by Crippen LogP contribution is -2.17. The highest BCUT2D eigenvalue weighted by Crippen LogP contribution is 2.25. The van der Waals surface area contributed by atoms with Crippen molar-refractivity contribution in [2.45, 2.75) is 13.3 Å². The number of hydrogen-bond donors (Lipinski definition) is 5. The molecule has 1 amide bonds. The topological polar surface area (TPSA) is 144 Å². The molecule has 170 valence electrons. The summed E-state index contributed by atoms with van der Waals surface area (Å²) in [6, 6.07) is 17.7. The van der Waals surface area contributed by atoms with Crippen LogP contribution >= 0.6 is 0 Å². The van der Waals surface area contributed by atoms with Crippen molar-refractivity contribution in [3.8, 4) is 11.5 Å². The molecule has 3 rings (SSSR count). The number of para-hydroxylation sites is 1. The van der Waals surface area contributed by atoms with Crippen LogP contribution in [-0.2, 0) is 11.2 Å². The number of carboxylic acid groups (broad SMARTS) is 2. The minimum absolute atomic E-state index is 0.000945. The molecule has 0 aliphatic heterocycles. The van der Waals surface area contributed by atoms with Gasteiger partial charge in [0.25, 0.3) is 5.91 Å². The second-order valence-electron chi connectivity index (χ2n) is 6.74. The highest BCUT2D eigenvalue weighted by molar-refractivity contribution is 6.10. The average Bonchev–Trinajstić information content (AvgIpc) is 2.80. The van der Waals surface area contributed by atoms with Crippen LogP contribution in [0.15, 0.2) is 72.8 Å². The second-order valence-corrected chi connectivity index (χ2v) is 6.74. The number of rotatable bonds is 6. The van der Waals surface area contributed by atoms with Crippen LogP contribution in [0.2, 0.25) is 0 Å². The van der Waals surface area contributed by atoms with Gasteiger partial charge in [-0.25, -0.2) is 9.59 Å². The largest absolute Gasteiger partial charge is 0.504 e. The van der Waals surface area contributed by atoms with Gasteiger partial charge in [0.2, 0.25) is 0 Å². The van der Waals surface area contributed by atoms with Gasteiger partial charge in [-0.2, -0.15) is 0 Å². The summed E-state index contributed by atoms with van der Waals surface area (Å²) in [5.74, 6) is -3.09. The van der Waals surface area contributed by atoms with Crippen molar-refractivity contribution < 1.29 is 34.8 Å². The normalized spacial score (nSPS) is 10.2. The molecule has 0 saturated carbocycles. The first-order valence-electron chi connectivity index (χ1n) is 9.87. The Morgan fingerprint density at radius 2 is 1.48 bits per heavy atom. The number of phenolic OH excluding ortho intramolecular Hbond substituents is 2. The zero-order chi connectivity index (χ0) is 24.4. The number of benzene rings is 3. The molecule has 3 aromatic carbocycles. The van der Waals surface area contributed by atoms with Crippen molar-refractivity contribution in [3.63, 3.8) is 0 Å². The predicted octanol–water partition coefficient (Wildman–Crippen LogP) is 4.40. The van der Waals surface area contributed by atoms with Gasteiger partial charge in [0.1, 0.15) is 0 Å². The third-order valence-electron chi connectivity index (χ3n) is 4.47. The fourth-order valence-corrected chi connectivity index (χ4v) is 2.82. The smallest absolute Gasteiger partial charge is 0.336 e. The number of aliphatic carboxylic acids is 1. The molecule has 0 fully saturated rings. The molecule has 0 aliphatic rings. The Bertz CT molecular complexity index is 1180. The Balaban J connectivity index is 0.000000257. The summed E-state index contributed by atoms with van der Waals surface area (Å²) in [5.41, 5.74) is 2.39. The Kier molecular flexibility index (Phi) is 8.75. The molecular weight excluding hydrogens is 426 g/mol. The van der Waals surface area contributed by atoms with Gasteiger partial charge in [0.05, 0.1) is 11.1 Å². The van der Waals surface area contributed by atoms with E-state index in [2.05, 4.69) is 5.32 Å². The zero-order valence-electron chi connectivity index (χ0n) is 17.7. The lowest BCUT2D eigenvalue weighted by molar-refractivity contribution is -0.131. The number of anilines is 1. The van der Waals surface area contributed by atoms with E-state index in [9.17, 15) is 14.4 Å². The van der Waals surface area contributed by atoms with Gasteiger partial charge in [-0.15, -0.1) is 0 Å². The summed E-state index contributed by atoms with van der Waals surface area (Å²) in [5, 5.41) is 38.1. The average molecular weight is 449 g/mol. The Hall–Kier alpha value is -4.59. The van der Waals surface area contributed by atoms with E-state index in [0.717, 1.165) is 18.1 Å². The summed E-state index contributed by atoms with van der Waals surface area (Å²) < 4.78 is 0. The summed E-state index contributed by atoms with van der Waals surface area (Å²) in [7, 11) is 0. The third kappa shape index (κ3) is 7.25. The lowest BCUT2D eigenvalue weighted by atomic mass is 10.1. The van der Waals surface area contributed by atoms with Crippen LogP contribution in [0, 0.1) is 0 Å². The number of aromatic carboxylic acids is 1. The first kappa shape index (κ1) is 24.7. The van der Waals surface area contributed by atoms with Crippen molar-refractivity contribution in [2.75, 3.05) is 5.32 Å². The summed E-state index contributed by atoms with van der Waals surface area (Å²) in [4.78, 5) is 33.5. The van der Waals surface area contributed by atoms with Crippen LogP contribution in [0.5, 0.6) is 11.5 Å². The number of hydrogen-bond acceptors (Lipinski definition) is 5. The van der Waals surface area contributed by atoms with Gasteiger partial charge in [0.15, 0.2) is 11.5 Å². The fourth-order valence-electron chi connectivity index (χ4n) is 2.82. The molecule has 33 heavy (non-hydrogen) atoms. The number of aryl methyl sites for hydroxylation is 1. The number of nitrogens with one attached hydrogen (secondary N) is 1. The van der Waals surface area contributed by atoms with Gasteiger partial charge in [-0.05, 0) is 54.0 Å². The SMILES string of the molecule is CCc1ccccc1NC(=O)c1ccccc1C(=O)O.O=C(O)C=Cc1ccc(O)c(O)c1. The van der Waals surface area contributed by atoms with Gasteiger partial charge in [-0.3, -0.25) is 4.79 Å². The quantitative estimate of drug-likeness (QED) is 0.277. The second kappa shape index (κ2) is 11.7. The van der Waals surface area contributed by atoms with Crippen LogP contribution in [-0.4, -0.2) is 38.3 Å². The standard InChI is InChI=1S/C16H15NO3.C9H8O4/c1-2-11-7-3-6-10-14(11)17-15(18)12-8-4-5-9-13(12)16(19)20;10-7-3-1-6(5-8(7)11)2-4-9(12)13/h3-10H,2H2,1H3,(H,17,18)(H,19,20);1-5,10-11H,(H,12,13). The van der Waals surface area contributed by atoms with E-state index in [1.807, 2.05) is 25.1 Å². The fraction of sp³-hybridized carbons (Fsp3) is 0.0800. The number of carboxylic acids is 2. The highest BCUT2D eigenvalue weighted by Gasteiger charge is 2.16. The van der Waals surface area contributed by atoms with Crippen molar-refractivity contribution in [1.82, 2.24) is 0 Å². The number of aromatic hydroxyl groups is 2. The number of amides is 1.